The molecule has 1 aromatic rings. The summed E-state index contributed by atoms with van der Waals surface area (Å²) < 4.78 is 5.92. The number of ether oxygens (including phenoxy) is 1. The molecule has 116 valence electrons. The predicted molar refractivity (Wildman–Crippen MR) is 86.5 cm³/mol. The summed E-state index contributed by atoms with van der Waals surface area (Å²) in [5, 5.41) is 3.29. The van der Waals surface area contributed by atoms with Gasteiger partial charge in [0.15, 0.2) is 0 Å². The summed E-state index contributed by atoms with van der Waals surface area (Å²) in [6, 6.07) is 5.05. The van der Waals surface area contributed by atoms with Crippen LogP contribution in [0.4, 0.5) is 11.4 Å². The van der Waals surface area contributed by atoms with Crippen molar-refractivity contribution in [1.29, 1.82) is 0 Å². The molecule has 3 N–H and O–H groups in total. The Balaban J connectivity index is 1.91. The van der Waals surface area contributed by atoms with E-state index in [9.17, 15) is 4.79 Å². The number of rotatable bonds is 4. The number of amides is 1. The van der Waals surface area contributed by atoms with E-state index in [-0.39, 0.29) is 12.0 Å². The quantitative estimate of drug-likeness (QED) is 0.830. The number of nitrogens with two attached hydrogens (primary N) is 1. The van der Waals surface area contributed by atoms with Crippen LogP contribution in [0.25, 0.3) is 0 Å². The molecular formula is C16H23ClN2O2. The Kier molecular flexibility index (Phi) is 5.48. The van der Waals surface area contributed by atoms with E-state index < -0.39 is 6.10 Å². The fourth-order valence-electron chi connectivity index (χ4n) is 2.67. The van der Waals surface area contributed by atoms with Crippen LogP contribution >= 0.6 is 11.6 Å². The monoisotopic (exact) mass is 310 g/mol. The third-order valence-electron chi connectivity index (χ3n) is 4.04. The summed E-state index contributed by atoms with van der Waals surface area (Å²) in [7, 11) is 0. The number of benzene rings is 1. The lowest BCUT2D eigenvalue weighted by atomic mass is 9.88. The van der Waals surface area contributed by atoms with Crippen LogP contribution in [0.1, 0.15) is 39.5 Å². The maximum absolute atomic E-state index is 12.2. The number of halogens is 1. The molecule has 0 aliphatic heterocycles. The topological polar surface area (TPSA) is 64.3 Å². The molecule has 0 spiro atoms. The van der Waals surface area contributed by atoms with E-state index in [0.29, 0.717) is 22.3 Å². The van der Waals surface area contributed by atoms with Gasteiger partial charge in [0.05, 0.1) is 16.8 Å². The second kappa shape index (κ2) is 7.14. The first kappa shape index (κ1) is 16.1. The molecule has 1 aliphatic carbocycles. The van der Waals surface area contributed by atoms with Crippen LogP contribution in [0.5, 0.6) is 0 Å². The molecule has 1 amide bonds. The Morgan fingerprint density at radius 2 is 2.14 bits per heavy atom. The molecule has 3 atom stereocenters. The molecule has 2 rings (SSSR count). The van der Waals surface area contributed by atoms with Gasteiger partial charge in [0, 0.05) is 5.69 Å². The van der Waals surface area contributed by atoms with E-state index in [1.54, 1.807) is 25.1 Å². The molecule has 0 heterocycles. The van der Waals surface area contributed by atoms with E-state index in [0.717, 1.165) is 6.42 Å². The Morgan fingerprint density at radius 3 is 2.81 bits per heavy atom. The SMILES string of the molecule is CC(OC1CCCCC1C)C(=O)Nc1ccc(Cl)c(N)c1. The summed E-state index contributed by atoms with van der Waals surface area (Å²) in [5.74, 6) is 0.356. The normalized spacial score (nSPS) is 23.6. The molecule has 0 saturated heterocycles. The second-order valence-corrected chi connectivity index (χ2v) is 6.21. The van der Waals surface area contributed by atoms with Crippen molar-refractivity contribution in [1.82, 2.24) is 0 Å². The molecule has 1 aliphatic rings. The average Bonchev–Trinajstić information content (AvgIpc) is 2.45. The van der Waals surface area contributed by atoms with Gasteiger partial charge in [-0.3, -0.25) is 4.79 Å². The minimum Gasteiger partial charge on any atom is -0.397 e. The van der Waals surface area contributed by atoms with Crippen LogP contribution in [-0.2, 0) is 9.53 Å². The highest BCUT2D eigenvalue weighted by Crippen LogP contribution is 2.27. The minimum atomic E-state index is -0.479. The number of nitrogen functional groups attached to an aromatic ring is 1. The third kappa shape index (κ3) is 4.35. The zero-order valence-electron chi connectivity index (χ0n) is 12.6. The lowest BCUT2D eigenvalue weighted by Gasteiger charge is -2.30. The lowest BCUT2D eigenvalue weighted by molar-refractivity contribution is -0.133. The first-order valence-electron chi connectivity index (χ1n) is 7.48. The van der Waals surface area contributed by atoms with Gasteiger partial charge in [-0.05, 0) is 43.9 Å². The van der Waals surface area contributed by atoms with Gasteiger partial charge in [-0.25, -0.2) is 0 Å². The van der Waals surface area contributed by atoms with Gasteiger partial charge in [-0.15, -0.1) is 0 Å². The van der Waals surface area contributed by atoms with Crippen molar-refractivity contribution >= 4 is 28.9 Å². The highest BCUT2D eigenvalue weighted by molar-refractivity contribution is 6.33. The standard InChI is InChI=1S/C16H23ClN2O2/c1-10-5-3-4-6-15(10)21-11(2)16(20)19-12-7-8-13(17)14(18)9-12/h7-11,15H,3-6,18H2,1-2H3,(H,19,20). The highest BCUT2D eigenvalue weighted by atomic mass is 35.5. The van der Waals surface area contributed by atoms with Crippen molar-refractivity contribution in [3.8, 4) is 0 Å². The average molecular weight is 311 g/mol. The molecule has 4 nitrogen and oxygen atoms in total. The Labute approximate surface area is 131 Å². The van der Waals surface area contributed by atoms with E-state index in [2.05, 4.69) is 12.2 Å². The van der Waals surface area contributed by atoms with Gasteiger partial charge in [0.2, 0.25) is 0 Å². The summed E-state index contributed by atoms with van der Waals surface area (Å²) in [4.78, 5) is 12.2. The van der Waals surface area contributed by atoms with Crippen LogP contribution < -0.4 is 11.1 Å². The Bertz CT molecular complexity index is 507. The van der Waals surface area contributed by atoms with E-state index >= 15 is 0 Å². The Hall–Kier alpha value is -1.26. The van der Waals surface area contributed by atoms with Gasteiger partial charge in [-0.2, -0.15) is 0 Å². The lowest BCUT2D eigenvalue weighted by Crippen LogP contribution is -2.35. The summed E-state index contributed by atoms with van der Waals surface area (Å²) in [6.45, 7) is 3.98. The summed E-state index contributed by atoms with van der Waals surface area (Å²) in [5.41, 5.74) is 6.81. The van der Waals surface area contributed by atoms with Crippen molar-refractivity contribution in [3.63, 3.8) is 0 Å². The van der Waals surface area contributed by atoms with E-state index in [1.165, 1.54) is 19.3 Å². The summed E-state index contributed by atoms with van der Waals surface area (Å²) >= 11 is 5.86. The van der Waals surface area contributed by atoms with Crippen molar-refractivity contribution in [2.75, 3.05) is 11.1 Å². The number of carbonyl (C=O) groups excluding carboxylic acids is 1. The van der Waals surface area contributed by atoms with Gasteiger partial charge in [-0.1, -0.05) is 31.4 Å². The highest BCUT2D eigenvalue weighted by Gasteiger charge is 2.26. The van der Waals surface area contributed by atoms with Crippen LogP contribution in [0.3, 0.4) is 0 Å². The summed E-state index contributed by atoms with van der Waals surface area (Å²) in [6.07, 6.45) is 4.34. The number of nitrogens with one attached hydrogen (secondary N) is 1. The van der Waals surface area contributed by atoms with Crippen LogP contribution in [-0.4, -0.2) is 18.1 Å². The molecule has 1 saturated carbocycles. The van der Waals surface area contributed by atoms with Crippen molar-refractivity contribution in [3.05, 3.63) is 23.2 Å². The van der Waals surface area contributed by atoms with Gasteiger partial charge in [0.1, 0.15) is 6.10 Å². The predicted octanol–water partition coefficient (Wildman–Crippen LogP) is 3.84. The van der Waals surface area contributed by atoms with Crippen LogP contribution in [0, 0.1) is 5.92 Å². The number of hydrogen-bond acceptors (Lipinski definition) is 3. The smallest absolute Gasteiger partial charge is 0.253 e. The molecule has 3 unspecified atom stereocenters. The fourth-order valence-corrected chi connectivity index (χ4v) is 2.79. The molecule has 1 fully saturated rings. The minimum absolute atomic E-state index is 0.158. The van der Waals surface area contributed by atoms with Crippen molar-refractivity contribution < 1.29 is 9.53 Å². The molecule has 1 aromatic carbocycles. The zero-order valence-corrected chi connectivity index (χ0v) is 13.3. The molecule has 0 bridgehead atoms. The molecule has 0 aromatic heterocycles. The third-order valence-corrected chi connectivity index (χ3v) is 4.39. The van der Waals surface area contributed by atoms with Gasteiger partial charge in [0.25, 0.3) is 5.91 Å². The number of carbonyl (C=O) groups is 1. The number of hydrogen-bond donors (Lipinski definition) is 2. The van der Waals surface area contributed by atoms with Crippen molar-refractivity contribution in [2.24, 2.45) is 5.92 Å². The Morgan fingerprint density at radius 1 is 1.43 bits per heavy atom. The largest absolute Gasteiger partial charge is 0.397 e. The molecule has 0 radical (unpaired) electrons. The fraction of sp³-hybridized carbons (Fsp3) is 0.562. The molecule has 5 heteroatoms. The molecular weight excluding hydrogens is 288 g/mol. The second-order valence-electron chi connectivity index (χ2n) is 5.80. The van der Waals surface area contributed by atoms with Gasteiger partial charge < -0.3 is 15.8 Å². The first-order chi connectivity index (χ1) is 9.97. The zero-order chi connectivity index (χ0) is 15.4. The number of anilines is 2. The van der Waals surface area contributed by atoms with Gasteiger partial charge >= 0.3 is 0 Å². The molecule has 21 heavy (non-hydrogen) atoms. The maximum Gasteiger partial charge on any atom is 0.253 e. The van der Waals surface area contributed by atoms with E-state index in [4.69, 9.17) is 22.1 Å². The van der Waals surface area contributed by atoms with Crippen LogP contribution in [0.15, 0.2) is 18.2 Å². The van der Waals surface area contributed by atoms with Crippen molar-refractivity contribution in [2.45, 2.75) is 51.7 Å². The van der Waals surface area contributed by atoms with Crippen LogP contribution in [0.2, 0.25) is 5.02 Å². The van der Waals surface area contributed by atoms with E-state index in [1.807, 2.05) is 0 Å². The first-order valence-corrected chi connectivity index (χ1v) is 7.86. The maximum atomic E-state index is 12.2.